The Morgan fingerprint density at radius 1 is 1.40 bits per heavy atom. The number of amides is 1. The molecule has 25 heavy (non-hydrogen) atoms. The van der Waals surface area contributed by atoms with E-state index in [1.54, 1.807) is 19.0 Å². The fraction of sp³-hybridized carbons (Fsp3) is 0.684. The van der Waals surface area contributed by atoms with Crippen molar-refractivity contribution in [2.24, 2.45) is 11.8 Å². The normalized spacial score (nSPS) is 26.0. The summed E-state index contributed by atoms with van der Waals surface area (Å²) < 4.78 is 11.5. The van der Waals surface area contributed by atoms with Crippen LogP contribution in [0.2, 0.25) is 0 Å². The third-order valence-electron chi connectivity index (χ3n) is 5.20. The summed E-state index contributed by atoms with van der Waals surface area (Å²) in [5.41, 5.74) is 2.19. The lowest BCUT2D eigenvalue weighted by atomic mass is 9.91. The lowest BCUT2D eigenvalue weighted by Gasteiger charge is -2.19. The smallest absolute Gasteiger partial charge is 0.248 e. The van der Waals surface area contributed by atoms with Crippen LogP contribution in [-0.2, 0) is 20.8 Å². The second-order valence-electron chi connectivity index (χ2n) is 7.39. The number of ether oxygens (including phenoxy) is 2. The Bertz CT molecular complexity index is 593. The van der Waals surface area contributed by atoms with Crippen molar-refractivity contribution in [1.29, 1.82) is 0 Å². The molecule has 1 aromatic rings. The van der Waals surface area contributed by atoms with Gasteiger partial charge in [0, 0.05) is 51.9 Å². The molecule has 1 amide bonds. The Labute approximate surface area is 150 Å². The van der Waals surface area contributed by atoms with Gasteiger partial charge in [0.1, 0.15) is 6.61 Å². The molecule has 0 unspecified atom stereocenters. The molecular formula is C19H29N3O3. The fourth-order valence-electron chi connectivity index (χ4n) is 3.75. The summed E-state index contributed by atoms with van der Waals surface area (Å²) in [4.78, 5) is 20.1. The molecule has 0 aliphatic carbocycles. The highest BCUT2D eigenvalue weighted by Gasteiger charge is 2.43. The number of fused-ring (bicyclic) bond motifs is 1. The van der Waals surface area contributed by atoms with Crippen LogP contribution in [0.15, 0.2) is 18.2 Å². The second-order valence-corrected chi connectivity index (χ2v) is 7.39. The van der Waals surface area contributed by atoms with Crippen molar-refractivity contribution >= 4 is 5.91 Å². The SMILES string of the molecule is Cc1cccc(CN2C[C@H]3[C@@H](CCOCC(=O)N(C)C)CO[C@H]3C2)n1. The number of hydrogen-bond acceptors (Lipinski definition) is 5. The van der Waals surface area contributed by atoms with Gasteiger partial charge in [-0.3, -0.25) is 14.7 Å². The van der Waals surface area contributed by atoms with Gasteiger partial charge in [-0.05, 0) is 31.4 Å². The zero-order valence-corrected chi connectivity index (χ0v) is 15.5. The number of aromatic nitrogens is 1. The fourth-order valence-corrected chi connectivity index (χ4v) is 3.75. The van der Waals surface area contributed by atoms with Gasteiger partial charge in [0.2, 0.25) is 5.91 Å². The van der Waals surface area contributed by atoms with E-state index in [1.165, 1.54) is 0 Å². The summed E-state index contributed by atoms with van der Waals surface area (Å²) in [7, 11) is 3.49. The van der Waals surface area contributed by atoms with Crippen molar-refractivity contribution in [3.05, 3.63) is 29.6 Å². The first kappa shape index (κ1) is 18.3. The van der Waals surface area contributed by atoms with Crippen molar-refractivity contribution in [2.45, 2.75) is 26.0 Å². The summed E-state index contributed by atoms with van der Waals surface area (Å²) in [6.45, 7) is 6.56. The Balaban J connectivity index is 1.43. The third kappa shape index (κ3) is 4.77. The zero-order chi connectivity index (χ0) is 17.8. The van der Waals surface area contributed by atoms with E-state index in [0.717, 1.165) is 44.0 Å². The van der Waals surface area contributed by atoms with Gasteiger partial charge < -0.3 is 14.4 Å². The molecule has 2 aliphatic heterocycles. The van der Waals surface area contributed by atoms with E-state index in [-0.39, 0.29) is 12.5 Å². The predicted molar refractivity (Wildman–Crippen MR) is 95.1 cm³/mol. The van der Waals surface area contributed by atoms with E-state index >= 15 is 0 Å². The van der Waals surface area contributed by atoms with Crippen molar-refractivity contribution < 1.29 is 14.3 Å². The molecule has 0 N–H and O–H groups in total. The van der Waals surface area contributed by atoms with Gasteiger partial charge in [0.25, 0.3) is 0 Å². The summed E-state index contributed by atoms with van der Waals surface area (Å²) in [5, 5.41) is 0. The molecule has 3 atom stereocenters. The number of carbonyl (C=O) groups is 1. The van der Waals surface area contributed by atoms with Gasteiger partial charge in [-0.15, -0.1) is 0 Å². The highest BCUT2D eigenvalue weighted by atomic mass is 16.5. The average molecular weight is 347 g/mol. The Morgan fingerprint density at radius 3 is 3.00 bits per heavy atom. The van der Waals surface area contributed by atoms with Crippen LogP contribution in [0.1, 0.15) is 17.8 Å². The van der Waals surface area contributed by atoms with E-state index in [0.29, 0.717) is 24.5 Å². The van der Waals surface area contributed by atoms with Crippen LogP contribution in [0.4, 0.5) is 0 Å². The molecular weight excluding hydrogens is 318 g/mol. The third-order valence-corrected chi connectivity index (χ3v) is 5.20. The molecule has 3 rings (SSSR count). The van der Waals surface area contributed by atoms with E-state index in [2.05, 4.69) is 22.0 Å². The van der Waals surface area contributed by atoms with Crippen LogP contribution < -0.4 is 0 Å². The van der Waals surface area contributed by atoms with E-state index in [1.807, 2.05) is 13.0 Å². The maximum atomic E-state index is 11.5. The maximum absolute atomic E-state index is 11.5. The molecule has 0 radical (unpaired) electrons. The quantitative estimate of drug-likeness (QED) is 0.697. The largest absolute Gasteiger partial charge is 0.376 e. The average Bonchev–Trinajstić information content (AvgIpc) is 3.12. The Morgan fingerprint density at radius 2 is 2.24 bits per heavy atom. The molecule has 138 valence electrons. The molecule has 6 heteroatoms. The summed E-state index contributed by atoms with van der Waals surface area (Å²) >= 11 is 0. The lowest BCUT2D eigenvalue weighted by Crippen LogP contribution is -2.27. The number of rotatable bonds is 7. The number of hydrogen-bond donors (Lipinski definition) is 0. The first-order valence-corrected chi connectivity index (χ1v) is 9.07. The van der Waals surface area contributed by atoms with Gasteiger partial charge in [-0.25, -0.2) is 0 Å². The lowest BCUT2D eigenvalue weighted by molar-refractivity contribution is -0.133. The summed E-state index contributed by atoms with van der Waals surface area (Å²) in [6.07, 6.45) is 1.29. The topological polar surface area (TPSA) is 54.9 Å². The van der Waals surface area contributed by atoms with E-state index in [9.17, 15) is 4.79 Å². The zero-order valence-electron chi connectivity index (χ0n) is 15.5. The van der Waals surface area contributed by atoms with Crippen LogP contribution in [0.5, 0.6) is 0 Å². The van der Waals surface area contributed by atoms with Crippen molar-refractivity contribution in [3.63, 3.8) is 0 Å². The van der Waals surface area contributed by atoms with Crippen LogP contribution >= 0.6 is 0 Å². The first-order valence-electron chi connectivity index (χ1n) is 9.07. The molecule has 2 fully saturated rings. The Kier molecular flexibility index (Phi) is 6.04. The molecule has 2 aliphatic rings. The second kappa shape index (κ2) is 8.25. The number of likely N-dealkylation sites (N-methyl/N-ethyl adjacent to an activating group) is 1. The molecule has 3 heterocycles. The molecule has 0 bridgehead atoms. The summed E-state index contributed by atoms with van der Waals surface area (Å²) in [6, 6.07) is 6.19. The molecule has 0 aromatic carbocycles. The highest BCUT2D eigenvalue weighted by molar-refractivity contribution is 5.76. The molecule has 0 spiro atoms. The molecule has 6 nitrogen and oxygen atoms in total. The standard InChI is InChI=1S/C19H29N3O3/c1-14-5-4-6-16(20-14)9-22-10-17-15(12-25-18(17)11-22)7-8-24-13-19(23)21(2)3/h4-6,15,17-18H,7-13H2,1-3H3/t15-,17-,18-/m0/s1. The molecule has 1 aromatic heterocycles. The minimum atomic E-state index is 0.0123. The van der Waals surface area contributed by atoms with Gasteiger partial charge in [-0.2, -0.15) is 0 Å². The van der Waals surface area contributed by atoms with Gasteiger partial charge >= 0.3 is 0 Å². The predicted octanol–water partition coefficient (Wildman–Crippen LogP) is 1.33. The summed E-state index contributed by atoms with van der Waals surface area (Å²) in [5.74, 6) is 1.10. The monoisotopic (exact) mass is 347 g/mol. The minimum Gasteiger partial charge on any atom is -0.376 e. The number of pyridine rings is 1. The van der Waals surface area contributed by atoms with E-state index < -0.39 is 0 Å². The van der Waals surface area contributed by atoms with E-state index in [4.69, 9.17) is 9.47 Å². The number of aryl methyl sites for hydroxylation is 1. The van der Waals surface area contributed by atoms with Gasteiger partial charge in [-0.1, -0.05) is 6.07 Å². The number of nitrogens with zero attached hydrogens (tertiary/aromatic N) is 3. The van der Waals surface area contributed by atoms with Crippen LogP contribution in [0.25, 0.3) is 0 Å². The molecule has 2 saturated heterocycles. The van der Waals surface area contributed by atoms with Crippen LogP contribution in [-0.4, -0.2) is 73.8 Å². The van der Waals surface area contributed by atoms with Crippen molar-refractivity contribution in [2.75, 3.05) is 47.0 Å². The number of carbonyl (C=O) groups excluding carboxylic acids is 1. The van der Waals surface area contributed by atoms with Crippen LogP contribution in [0, 0.1) is 18.8 Å². The maximum Gasteiger partial charge on any atom is 0.248 e. The van der Waals surface area contributed by atoms with Gasteiger partial charge in [0.15, 0.2) is 0 Å². The van der Waals surface area contributed by atoms with Crippen molar-refractivity contribution in [1.82, 2.24) is 14.8 Å². The Hall–Kier alpha value is -1.50. The van der Waals surface area contributed by atoms with Crippen LogP contribution in [0.3, 0.4) is 0 Å². The highest BCUT2D eigenvalue weighted by Crippen LogP contribution is 2.35. The number of likely N-dealkylation sites (tertiary alicyclic amines) is 1. The van der Waals surface area contributed by atoms with Gasteiger partial charge in [0.05, 0.1) is 18.4 Å². The first-order chi connectivity index (χ1) is 12.0. The minimum absolute atomic E-state index is 0.0123. The molecule has 0 saturated carbocycles. The van der Waals surface area contributed by atoms with Crippen molar-refractivity contribution in [3.8, 4) is 0 Å².